The zero-order valence-electron chi connectivity index (χ0n) is 11.3. The van der Waals surface area contributed by atoms with Crippen molar-refractivity contribution in [3.8, 4) is 0 Å². The van der Waals surface area contributed by atoms with Crippen molar-refractivity contribution in [1.29, 1.82) is 0 Å². The fourth-order valence-corrected chi connectivity index (χ4v) is 2.62. The molecule has 1 fully saturated rings. The van der Waals surface area contributed by atoms with Crippen LogP contribution in [0, 0.1) is 0 Å². The van der Waals surface area contributed by atoms with E-state index in [0.29, 0.717) is 18.9 Å². The van der Waals surface area contributed by atoms with Crippen LogP contribution in [0.1, 0.15) is 11.6 Å². The molecule has 1 aromatic carbocycles. The Kier molecular flexibility index (Phi) is 2.97. The molecule has 2 aromatic heterocycles. The molecule has 7 heteroatoms. The molecule has 0 spiro atoms. The van der Waals surface area contributed by atoms with Gasteiger partial charge in [-0.2, -0.15) is 0 Å². The molecule has 3 heterocycles. The van der Waals surface area contributed by atoms with Gasteiger partial charge in [0, 0.05) is 6.54 Å². The molecule has 0 amide bonds. The zero-order chi connectivity index (χ0) is 14.1. The van der Waals surface area contributed by atoms with Crippen molar-refractivity contribution in [3.05, 3.63) is 48.0 Å². The van der Waals surface area contributed by atoms with Gasteiger partial charge >= 0.3 is 0 Å². The number of hydrogen-bond acceptors (Lipinski definition) is 6. The molecule has 0 saturated carbocycles. The van der Waals surface area contributed by atoms with Gasteiger partial charge < -0.3 is 9.64 Å². The number of ether oxygens (including phenoxy) is 1. The van der Waals surface area contributed by atoms with Gasteiger partial charge in [0.1, 0.15) is 0 Å². The SMILES string of the molecule is c1ccc([C@H]2COCCN2c2ccc3nnnn3n2)cc1. The maximum absolute atomic E-state index is 5.64. The number of fused-ring (bicyclic) bond motifs is 1. The molecular formula is C14H14N6O. The van der Waals surface area contributed by atoms with E-state index in [0.717, 1.165) is 12.4 Å². The number of anilines is 1. The number of morpholine rings is 1. The molecule has 21 heavy (non-hydrogen) atoms. The molecule has 0 unspecified atom stereocenters. The second-order valence-corrected chi connectivity index (χ2v) is 4.91. The summed E-state index contributed by atoms with van der Waals surface area (Å²) in [6, 6.07) is 14.3. The third kappa shape index (κ3) is 2.21. The van der Waals surface area contributed by atoms with E-state index in [1.165, 1.54) is 10.2 Å². The van der Waals surface area contributed by atoms with Crippen LogP contribution in [0.25, 0.3) is 5.65 Å². The van der Waals surface area contributed by atoms with E-state index >= 15 is 0 Å². The maximum atomic E-state index is 5.64. The Morgan fingerprint density at radius 2 is 2.00 bits per heavy atom. The largest absolute Gasteiger partial charge is 0.377 e. The van der Waals surface area contributed by atoms with Crippen LogP contribution in [0.3, 0.4) is 0 Å². The van der Waals surface area contributed by atoms with E-state index in [1.807, 2.05) is 30.3 Å². The second kappa shape index (κ2) is 5.10. The molecule has 1 atom stereocenters. The lowest BCUT2D eigenvalue weighted by atomic mass is 10.1. The summed E-state index contributed by atoms with van der Waals surface area (Å²) in [5.74, 6) is 0.854. The highest BCUT2D eigenvalue weighted by Crippen LogP contribution is 2.28. The predicted molar refractivity (Wildman–Crippen MR) is 75.9 cm³/mol. The summed E-state index contributed by atoms with van der Waals surface area (Å²) in [4.78, 5) is 2.24. The Balaban J connectivity index is 1.73. The van der Waals surface area contributed by atoms with Crippen molar-refractivity contribution in [2.24, 2.45) is 0 Å². The molecule has 4 rings (SSSR count). The van der Waals surface area contributed by atoms with Gasteiger partial charge in [-0.05, 0) is 28.1 Å². The lowest BCUT2D eigenvalue weighted by Gasteiger charge is -2.36. The summed E-state index contributed by atoms with van der Waals surface area (Å²) >= 11 is 0. The van der Waals surface area contributed by atoms with Gasteiger partial charge in [0.15, 0.2) is 11.5 Å². The van der Waals surface area contributed by atoms with Crippen molar-refractivity contribution in [1.82, 2.24) is 25.3 Å². The summed E-state index contributed by atoms with van der Waals surface area (Å²) in [6.07, 6.45) is 0. The lowest BCUT2D eigenvalue weighted by Crippen LogP contribution is -2.40. The highest BCUT2D eigenvalue weighted by atomic mass is 16.5. The Labute approximate surface area is 121 Å². The van der Waals surface area contributed by atoms with Gasteiger partial charge in [0.05, 0.1) is 19.3 Å². The van der Waals surface area contributed by atoms with Crippen molar-refractivity contribution >= 4 is 11.5 Å². The van der Waals surface area contributed by atoms with Crippen molar-refractivity contribution < 1.29 is 4.74 Å². The quantitative estimate of drug-likeness (QED) is 0.701. The van der Waals surface area contributed by atoms with Crippen LogP contribution in [0.2, 0.25) is 0 Å². The molecule has 0 N–H and O–H groups in total. The van der Waals surface area contributed by atoms with Gasteiger partial charge in [0.2, 0.25) is 0 Å². The standard InChI is InChI=1S/C14H14N6O/c1-2-4-11(5-3-1)12-10-21-9-8-19(12)14-7-6-13-15-17-18-20(13)16-14/h1-7,12H,8-10H2/t12-/m1/s1. The first-order chi connectivity index (χ1) is 10.4. The molecule has 3 aromatic rings. The number of rotatable bonds is 2. The molecule has 106 valence electrons. The lowest BCUT2D eigenvalue weighted by molar-refractivity contribution is 0.0936. The Hall–Kier alpha value is -2.54. The van der Waals surface area contributed by atoms with Gasteiger partial charge in [-0.3, -0.25) is 0 Å². The number of nitrogens with zero attached hydrogens (tertiary/aromatic N) is 6. The minimum absolute atomic E-state index is 0.154. The van der Waals surface area contributed by atoms with Crippen molar-refractivity contribution in [3.63, 3.8) is 0 Å². The smallest absolute Gasteiger partial charge is 0.200 e. The number of tetrazole rings is 1. The topological polar surface area (TPSA) is 68.4 Å². The van der Waals surface area contributed by atoms with Crippen LogP contribution in [-0.2, 0) is 4.74 Å². The van der Waals surface area contributed by atoms with Gasteiger partial charge in [-0.25, -0.2) is 0 Å². The van der Waals surface area contributed by atoms with Gasteiger partial charge in [-0.1, -0.05) is 30.3 Å². The van der Waals surface area contributed by atoms with E-state index in [1.54, 1.807) is 0 Å². The molecule has 0 bridgehead atoms. The average Bonchev–Trinajstić information content (AvgIpc) is 3.03. The summed E-state index contributed by atoms with van der Waals surface area (Å²) in [6.45, 7) is 2.14. The fraction of sp³-hybridized carbons (Fsp3) is 0.286. The average molecular weight is 282 g/mol. The molecular weight excluding hydrogens is 268 g/mol. The first-order valence-corrected chi connectivity index (χ1v) is 6.86. The minimum atomic E-state index is 0.154. The summed E-state index contributed by atoms with van der Waals surface area (Å²) in [7, 11) is 0. The highest BCUT2D eigenvalue weighted by molar-refractivity contribution is 5.47. The van der Waals surface area contributed by atoms with Crippen LogP contribution in [-0.4, -0.2) is 45.0 Å². The number of hydrogen-bond donors (Lipinski definition) is 0. The molecule has 1 aliphatic rings. The van der Waals surface area contributed by atoms with Crippen molar-refractivity contribution in [2.75, 3.05) is 24.7 Å². The monoisotopic (exact) mass is 282 g/mol. The van der Waals surface area contributed by atoms with E-state index in [4.69, 9.17) is 4.74 Å². The molecule has 7 nitrogen and oxygen atoms in total. The van der Waals surface area contributed by atoms with E-state index < -0.39 is 0 Å². The predicted octanol–water partition coefficient (Wildman–Crippen LogP) is 1.10. The van der Waals surface area contributed by atoms with E-state index in [-0.39, 0.29) is 6.04 Å². The summed E-state index contributed by atoms with van der Waals surface area (Å²) < 4.78 is 7.10. The third-order valence-electron chi connectivity index (χ3n) is 3.66. The van der Waals surface area contributed by atoms with Gasteiger partial charge in [-0.15, -0.1) is 14.8 Å². The van der Waals surface area contributed by atoms with E-state index in [2.05, 4.69) is 37.7 Å². The Morgan fingerprint density at radius 1 is 1.10 bits per heavy atom. The number of aromatic nitrogens is 5. The first-order valence-electron chi connectivity index (χ1n) is 6.86. The van der Waals surface area contributed by atoms with Crippen LogP contribution >= 0.6 is 0 Å². The van der Waals surface area contributed by atoms with Gasteiger partial charge in [0.25, 0.3) is 0 Å². The third-order valence-corrected chi connectivity index (χ3v) is 3.66. The van der Waals surface area contributed by atoms with Crippen LogP contribution in [0.4, 0.5) is 5.82 Å². The highest BCUT2D eigenvalue weighted by Gasteiger charge is 2.26. The molecule has 1 aliphatic heterocycles. The summed E-state index contributed by atoms with van der Waals surface area (Å²) in [5, 5.41) is 15.8. The summed E-state index contributed by atoms with van der Waals surface area (Å²) in [5.41, 5.74) is 1.86. The van der Waals surface area contributed by atoms with Crippen molar-refractivity contribution in [2.45, 2.75) is 6.04 Å². The maximum Gasteiger partial charge on any atom is 0.200 e. The zero-order valence-corrected chi connectivity index (χ0v) is 11.3. The Bertz CT molecular complexity index is 743. The molecule has 1 saturated heterocycles. The molecule has 0 aliphatic carbocycles. The Morgan fingerprint density at radius 3 is 2.90 bits per heavy atom. The second-order valence-electron chi connectivity index (χ2n) is 4.91. The molecule has 0 radical (unpaired) electrons. The first kappa shape index (κ1) is 12.2. The van der Waals surface area contributed by atoms with Crippen LogP contribution < -0.4 is 4.90 Å². The normalized spacial score (nSPS) is 19.0. The fourth-order valence-electron chi connectivity index (χ4n) is 2.62. The minimum Gasteiger partial charge on any atom is -0.377 e. The van der Waals surface area contributed by atoms with Crippen LogP contribution in [0.5, 0.6) is 0 Å². The van der Waals surface area contributed by atoms with Crippen LogP contribution in [0.15, 0.2) is 42.5 Å². The van der Waals surface area contributed by atoms with E-state index in [9.17, 15) is 0 Å². The number of benzene rings is 1.